The second kappa shape index (κ2) is 9.98. The average Bonchev–Trinajstić information content (AvgIpc) is 2.63. The molecule has 28 heavy (non-hydrogen) atoms. The van der Waals surface area contributed by atoms with Gasteiger partial charge < -0.3 is 15.7 Å². The minimum Gasteiger partial charge on any atom is -0.480 e. The molecule has 0 aliphatic carbocycles. The minimum atomic E-state index is -1.19. The maximum Gasteiger partial charge on any atom is 0.326 e. The van der Waals surface area contributed by atoms with Crippen LogP contribution in [0.25, 0.3) is 0 Å². The Hall–Kier alpha value is -2.74. The number of hydrogen-bond donors (Lipinski definition) is 3. The third kappa shape index (κ3) is 6.45. The molecule has 0 heterocycles. The Morgan fingerprint density at radius 2 is 1.64 bits per heavy atom. The van der Waals surface area contributed by atoms with Crippen LogP contribution < -0.4 is 10.6 Å². The molecule has 148 valence electrons. The zero-order valence-corrected chi connectivity index (χ0v) is 16.7. The minimum absolute atomic E-state index is 0.0752. The number of carboxylic acids is 1. The van der Waals surface area contributed by atoms with Crippen molar-refractivity contribution in [3.05, 3.63) is 69.9 Å². The summed E-state index contributed by atoms with van der Waals surface area (Å²) in [5, 5.41) is 14.5. The zero-order chi connectivity index (χ0) is 20.7. The summed E-state index contributed by atoms with van der Waals surface area (Å²) in [6.45, 7) is 1.26. The van der Waals surface area contributed by atoms with Gasteiger partial charge in [0.1, 0.15) is 17.9 Å². The predicted molar refractivity (Wildman–Crippen MR) is 105 cm³/mol. The maximum absolute atomic E-state index is 13.1. The van der Waals surface area contributed by atoms with E-state index in [0.717, 1.165) is 10.0 Å². The number of benzene rings is 2. The van der Waals surface area contributed by atoms with Crippen molar-refractivity contribution in [2.45, 2.75) is 31.8 Å². The maximum atomic E-state index is 13.1. The second-order valence-corrected chi connectivity index (χ2v) is 7.13. The molecule has 0 aromatic heterocycles. The first-order chi connectivity index (χ1) is 13.3. The Labute approximate surface area is 170 Å². The van der Waals surface area contributed by atoms with Crippen molar-refractivity contribution in [2.24, 2.45) is 0 Å². The molecule has 6 nitrogen and oxygen atoms in total. The average molecular weight is 451 g/mol. The van der Waals surface area contributed by atoms with E-state index in [1.807, 2.05) is 0 Å². The Morgan fingerprint density at radius 3 is 2.21 bits per heavy atom. The number of nitrogens with one attached hydrogen (secondary N) is 2. The van der Waals surface area contributed by atoms with E-state index in [1.165, 1.54) is 31.2 Å². The number of rotatable bonds is 8. The van der Waals surface area contributed by atoms with Crippen molar-refractivity contribution >= 4 is 33.7 Å². The van der Waals surface area contributed by atoms with Gasteiger partial charge in [0.15, 0.2) is 0 Å². The molecule has 3 N–H and O–H groups in total. The Balaban J connectivity index is 2.14. The molecule has 0 unspecified atom stereocenters. The summed E-state index contributed by atoms with van der Waals surface area (Å²) in [4.78, 5) is 35.8. The van der Waals surface area contributed by atoms with Crippen LogP contribution in [0.2, 0.25) is 0 Å². The number of aliphatic carboxylic acids is 1. The van der Waals surface area contributed by atoms with Crippen molar-refractivity contribution in [1.29, 1.82) is 0 Å². The third-order valence-corrected chi connectivity index (χ3v) is 4.82. The number of carbonyl (C=O) groups excluding carboxylic acids is 2. The van der Waals surface area contributed by atoms with Crippen LogP contribution in [0, 0.1) is 5.82 Å². The van der Waals surface area contributed by atoms with Crippen LogP contribution >= 0.6 is 15.9 Å². The first-order valence-electron chi connectivity index (χ1n) is 8.54. The van der Waals surface area contributed by atoms with E-state index in [0.29, 0.717) is 5.56 Å². The Bertz CT molecular complexity index is 858. The lowest BCUT2D eigenvalue weighted by atomic mass is 10.0. The van der Waals surface area contributed by atoms with Gasteiger partial charge in [-0.3, -0.25) is 9.59 Å². The fourth-order valence-corrected chi connectivity index (χ4v) is 3.11. The summed E-state index contributed by atoms with van der Waals surface area (Å²) < 4.78 is 13.8. The van der Waals surface area contributed by atoms with Gasteiger partial charge in [0, 0.05) is 24.2 Å². The fourth-order valence-electron chi connectivity index (χ4n) is 2.67. The largest absolute Gasteiger partial charge is 0.480 e. The first-order valence-corrected chi connectivity index (χ1v) is 9.33. The Morgan fingerprint density at radius 1 is 1.00 bits per heavy atom. The van der Waals surface area contributed by atoms with Crippen molar-refractivity contribution in [1.82, 2.24) is 10.6 Å². The lowest BCUT2D eigenvalue weighted by molar-refractivity contribution is -0.142. The van der Waals surface area contributed by atoms with Crippen LogP contribution in [0.1, 0.15) is 18.1 Å². The highest BCUT2D eigenvalue weighted by Crippen LogP contribution is 2.18. The molecule has 0 aliphatic rings. The van der Waals surface area contributed by atoms with Crippen LogP contribution in [-0.4, -0.2) is 35.0 Å². The molecule has 2 aromatic carbocycles. The molecular formula is C20H20BrFN2O4. The predicted octanol–water partition coefficient (Wildman–Crippen LogP) is 2.45. The summed E-state index contributed by atoms with van der Waals surface area (Å²) >= 11 is 3.36. The highest BCUT2D eigenvalue weighted by atomic mass is 79.9. The van der Waals surface area contributed by atoms with Gasteiger partial charge in [-0.15, -0.1) is 0 Å². The van der Waals surface area contributed by atoms with E-state index in [1.54, 1.807) is 24.3 Å². The van der Waals surface area contributed by atoms with E-state index in [-0.39, 0.29) is 12.8 Å². The molecule has 8 heteroatoms. The van der Waals surface area contributed by atoms with E-state index >= 15 is 0 Å². The van der Waals surface area contributed by atoms with E-state index in [4.69, 9.17) is 0 Å². The number of carboxylic acid groups (broad SMARTS) is 1. The van der Waals surface area contributed by atoms with Crippen LogP contribution in [0.15, 0.2) is 53.0 Å². The summed E-state index contributed by atoms with van der Waals surface area (Å²) in [5.74, 6) is -2.66. The lowest BCUT2D eigenvalue weighted by Gasteiger charge is -2.21. The number of carbonyl (C=O) groups is 3. The Kier molecular flexibility index (Phi) is 7.69. The quantitative estimate of drug-likeness (QED) is 0.575. The van der Waals surface area contributed by atoms with Gasteiger partial charge in [-0.05, 0) is 29.3 Å². The van der Waals surface area contributed by atoms with Gasteiger partial charge >= 0.3 is 5.97 Å². The smallest absolute Gasteiger partial charge is 0.326 e. The molecule has 0 saturated heterocycles. The molecule has 2 amide bonds. The first kappa shape index (κ1) is 21.6. The molecule has 2 atom stereocenters. The van der Waals surface area contributed by atoms with E-state index in [9.17, 15) is 23.9 Å². The summed E-state index contributed by atoms with van der Waals surface area (Å²) in [7, 11) is 0. The molecule has 0 saturated carbocycles. The van der Waals surface area contributed by atoms with Crippen LogP contribution in [0.5, 0.6) is 0 Å². The molecule has 0 bridgehead atoms. The van der Waals surface area contributed by atoms with Crippen molar-refractivity contribution in [3.63, 3.8) is 0 Å². The van der Waals surface area contributed by atoms with Crippen LogP contribution in [-0.2, 0) is 27.2 Å². The van der Waals surface area contributed by atoms with Gasteiger partial charge in [0.05, 0.1) is 0 Å². The number of halogens is 2. The third-order valence-electron chi connectivity index (χ3n) is 4.04. The van der Waals surface area contributed by atoms with Gasteiger partial charge in [-0.25, -0.2) is 9.18 Å². The van der Waals surface area contributed by atoms with Gasteiger partial charge in [-0.1, -0.05) is 46.3 Å². The van der Waals surface area contributed by atoms with Crippen LogP contribution in [0.3, 0.4) is 0 Å². The molecule has 2 rings (SSSR count). The molecule has 2 aromatic rings. The normalized spacial score (nSPS) is 12.7. The van der Waals surface area contributed by atoms with E-state index < -0.39 is 35.7 Å². The van der Waals surface area contributed by atoms with Crippen molar-refractivity contribution in [3.8, 4) is 0 Å². The van der Waals surface area contributed by atoms with Gasteiger partial charge in [0.25, 0.3) is 0 Å². The standard InChI is InChI=1S/C20H20BrFN2O4/c1-12(25)23-17(10-13-6-8-15(22)9-7-13)19(26)24-18(20(27)28)11-14-4-2-3-5-16(14)21/h2-9,17-18H,10-11H2,1H3,(H,23,25)(H,24,26)(H,27,28)/t17-,18+/m1/s1. The van der Waals surface area contributed by atoms with Crippen molar-refractivity contribution in [2.75, 3.05) is 0 Å². The van der Waals surface area contributed by atoms with Crippen molar-refractivity contribution < 1.29 is 23.9 Å². The lowest BCUT2D eigenvalue weighted by Crippen LogP contribution is -2.52. The fraction of sp³-hybridized carbons (Fsp3) is 0.250. The number of amides is 2. The summed E-state index contributed by atoms with van der Waals surface area (Å²) in [6, 6.07) is 10.5. The highest BCUT2D eigenvalue weighted by molar-refractivity contribution is 9.10. The van der Waals surface area contributed by atoms with Gasteiger partial charge in [0.2, 0.25) is 11.8 Å². The molecular weight excluding hydrogens is 431 g/mol. The topological polar surface area (TPSA) is 95.5 Å². The van der Waals surface area contributed by atoms with Crippen LogP contribution in [0.4, 0.5) is 4.39 Å². The molecule has 0 radical (unpaired) electrons. The highest BCUT2D eigenvalue weighted by Gasteiger charge is 2.26. The number of hydrogen-bond acceptors (Lipinski definition) is 3. The summed E-state index contributed by atoms with van der Waals surface area (Å²) in [5.41, 5.74) is 1.36. The monoisotopic (exact) mass is 450 g/mol. The molecule has 0 fully saturated rings. The second-order valence-electron chi connectivity index (χ2n) is 6.28. The molecule has 0 aliphatic heterocycles. The molecule has 0 spiro atoms. The van der Waals surface area contributed by atoms with E-state index in [2.05, 4.69) is 26.6 Å². The SMILES string of the molecule is CC(=O)N[C@H](Cc1ccc(F)cc1)C(=O)N[C@@H](Cc1ccccc1Br)C(=O)O. The summed E-state index contributed by atoms with van der Waals surface area (Å²) in [6.07, 6.45) is 0.179. The zero-order valence-electron chi connectivity index (χ0n) is 15.1. The van der Waals surface area contributed by atoms with Gasteiger partial charge in [-0.2, -0.15) is 0 Å².